The molecule has 3 aliphatic carbocycles. The van der Waals surface area contributed by atoms with Gasteiger partial charge in [-0.3, -0.25) is 0 Å². The number of fused-ring (bicyclic) bond motifs is 19. The van der Waals surface area contributed by atoms with Crippen molar-refractivity contribution in [3.63, 3.8) is 0 Å². The zero-order valence-corrected chi connectivity index (χ0v) is 74.1. The standard InChI is InChI=1S/C130H88N4/c1-129(2)116-53-21-15-48-110(116)114-84-104(71-72-117(114)129)131(105-79-96(86-34-9-4-10-35-86)75-97(80-105)87-36-11-5-12-37-87)100-67-64-90(65-68-100)94-66-73-124-115(83-94)111-49-19-25-58-122(111)134(124)106-81-98(88-38-13-6-14-39-88)76-99(82-106)91-40-27-43-95(74-91)107-52-30-60-125-127(107)113-51-20-26-59-123(113)133(125)103-45-29-42-93(78-103)92-41-28-44-102(77-92)132(101-69-62-89(63-70-101)85-32-7-3-8-33-85)126-61-31-57-121-128(126)112-50-18-24-56-120(112)130(121)118-54-22-16-46-108(118)109-47-17-23-55-119(109)130/h3-84H,1-2H3. The maximum absolute atomic E-state index is 2.50. The Bertz CT molecular complexity index is 8530. The summed E-state index contributed by atoms with van der Waals surface area (Å²) in [6.45, 7) is 4.72. The molecule has 0 radical (unpaired) electrons. The van der Waals surface area contributed by atoms with E-state index in [1.165, 1.54) is 116 Å². The van der Waals surface area contributed by atoms with E-state index in [1.54, 1.807) is 0 Å². The van der Waals surface area contributed by atoms with E-state index in [0.29, 0.717) is 0 Å². The number of nitrogens with zero attached hydrogens (tertiary/aromatic N) is 4. The predicted molar refractivity (Wildman–Crippen MR) is 562 cm³/mol. The molecule has 0 unspecified atom stereocenters. The Morgan fingerprint density at radius 2 is 0.545 bits per heavy atom. The summed E-state index contributed by atoms with van der Waals surface area (Å²) in [6, 6.07) is 186. The smallest absolute Gasteiger partial charge is 0.0726 e. The Morgan fingerprint density at radius 3 is 1.19 bits per heavy atom. The van der Waals surface area contributed by atoms with Gasteiger partial charge in [0.2, 0.25) is 0 Å². The summed E-state index contributed by atoms with van der Waals surface area (Å²) in [4.78, 5) is 4.96. The number of aromatic nitrogens is 2. The van der Waals surface area contributed by atoms with Gasteiger partial charge in [-0.2, -0.15) is 0 Å². The van der Waals surface area contributed by atoms with Gasteiger partial charge >= 0.3 is 0 Å². The summed E-state index contributed by atoms with van der Waals surface area (Å²) in [5.74, 6) is 0. The first-order valence-electron chi connectivity index (χ1n) is 46.6. The lowest BCUT2D eigenvalue weighted by Gasteiger charge is -2.32. The second kappa shape index (κ2) is 31.3. The van der Waals surface area contributed by atoms with E-state index in [4.69, 9.17) is 0 Å². The van der Waals surface area contributed by atoms with Gasteiger partial charge in [0.25, 0.3) is 0 Å². The third-order valence-corrected chi connectivity index (χ3v) is 28.8. The molecule has 0 saturated heterocycles. The second-order valence-corrected chi connectivity index (χ2v) is 36.6. The van der Waals surface area contributed by atoms with Crippen LogP contribution in [-0.4, -0.2) is 9.13 Å². The Hall–Kier alpha value is -17.2. The first-order valence-corrected chi connectivity index (χ1v) is 46.6. The fourth-order valence-corrected chi connectivity index (χ4v) is 22.8. The zero-order chi connectivity index (χ0) is 88.7. The van der Waals surface area contributed by atoms with E-state index in [9.17, 15) is 0 Å². The summed E-state index contributed by atoms with van der Waals surface area (Å²) < 4.78 is 4.96. The molecular formula is C130H88N4. The highest BCUT2D eigenvalue weighted by molar-refractivity contribution is 6.17. The largest absolute Gasteiger partial charge is 0.310 e. The lowest BCUT2D eigenvalue weighted by Crippen LogP contribution is -2.26. The number of para-hydroxylation sites is 2. The van der Waals surface area contributed by atoms with Crippen molar-refractivity contribution >= 4 is 77.7 Å². The van der Waals surface area contributed by atoms with Crippen molar-refractivity contribution in [1.82, 2.24) is 9.13 Å². The zero-order valence-electron chi connectivity index (χ0n) is 74.1. The van der Waals surface area contributed by atoms with Crippen LogP contribution in [0, 0.1) is 0 Å². The topological polar surface area (TPSA) is 16.3 Å². The lowest BCUT2D eigenvalue weighted by atomic mass is 9.70. The average molecular weight is 1710 g/mol. The van der Waals surface area contributed by atoms with Gasteiger partial charge in [-0.1, -0.05) is 372 Å². The van der Waals surface area contributed by atoms with Gasteiger partial charge in [-0.15, -0.1) is 0 Å². The van der Waals surface area contributed by atoms with Crippen molar-refractivity contribution in [3.8, 4) is 134 Å². The van der Waals surface area contributed by atoms with Crippen LogP contribution in [-0.2, 0) is 10.8 Å². The van der Waals surface area contributed by atoms with Gasteiger partial charge in [-0.25, -0.2) is 0 Å². The molecule has 4 heteroatoms. The summed E-state index contributed by atoms with van der Waals surface area (Å²) in [5, 5.41) is 4.79. The third kappa shape index (κ3) is 12.5. The van der Waals surface area contributed by atoms with Crippen LogP contribution in [0.25, 0.3) is 177 Å². The molecule has 2 aromatic heterocycles. The Kier molecular flexibility index (Phi) is 18.2. The molecule has 0 saturated carbocycles. The Balaban J connectivity index is 0.557. The number of anilines is 6. The van der Waals surface area contributed by atoms with Crippen LogP contribution in [0.3, 0.4) is 0 Å². The minimum absolute atomic E-state index is 0.127. The fraction of sp³-hybridized carbons (Fsp3) is 0.0308. The van der Waals surface area contributed by atoms with Crippen molar-refractivity contribution in [3.05, 3.63) is 531 Å². The fourth-order valence-electron chi connectivity index (χ4n) is 22.8. The maximum atomic E-state index is 2.50. The molecule has 0 bridgehead atoms. The maximum Gasteiger partial charge on any atom is 0.0726 e. The van der Waals surface area contributed by atoms with Crippen LogP contribution < -0.4 is 9.80 Å². The van der Waals surface area contributed by atoms with E-state index in [-0.39, 0.29) is 5.41 Å². The summed E-state index contributed by atoms with van der Waals surface area (Å²) in [6.07, 6.45) is 0. The number of rotatable bonds is 16. The molecule has 0 fully saturated rings. The molecule has 0 amide bonds. The molecule has 134 heavy (non-hydrogen) atoms. The van der Waals surface area contributed by atoms with Gasteiger partial charge in [0, 0.05) is 72.3 Å². The normalized spacial score (nSPS) is 12.8. The van der Waals surface area contributed by atoms with Gasteiger partial charge in [-0.05, 0) is 290 Å². The number of benzene rings is 21. The summed E-state index contributed by atoms with van der Waals surface area (Å²) in [5.41, 5.74) is 46.7. The minimum Gasteiger partial charge on any atom is -0.310 e. The summed E-state index contributed by atoms with van der Waals surface area (Å²) in [7, 11) is 0. The highest BCUT2D eigenvalue weighted by atomic mass is 15.2. The molecule has 0 N–H and O–H groups in total. The first-order chi connectivity index (χ1) is 66.2. The van der Waals surface area contributed by atoms with Gasteiger partial charge < -0.3 is 18.9 Å². The molecule has 21 aromatic carbocycles. The average Bonchev–Trinajstić information content (AvgIpc) is 1.50. The Labute approximate surface area is 780 Å². The van der Waals surface area contributed by atoms with E-state index < -0.39 is 5.41 Å². The molecule has 4 nitrogen and oxygen atoms in total. The van der Waals surface area contributed by atoms with Crippen molar-refractivity contribution in [2.24, 2.45) is 0 Å². The highest BCUT2D eigenvalue weighted by Gasteiger charge is 2.52. The van der Waals surface area contributed by atoms with Crippen LogP contribution in [0.4, 0.5) is 34.1 Å². The molecule has 628 valence electrons. The van der Waals surface area contributed by atoms with Gasteiger partial charge in [0.15, 0.2) is 0 Å². The van der Waals surface area contributed by atoms with Crippen LogP contribution in [0.1, 0.15) is 47.2 Å². The van der Waals surface area contributed by atoms with Crippen molar-refractivity contribution in [1.29, 1.82) is 0 Å². The van der Waals surface area contributed by atoms with Gasteiger partial charge in [0.05, 0.1) is 33.2 Å². The quantitative estimate of drug-likeness (QED) is 0.0959. The molecule has 23 aromatic rings. The van der Waals surface area contributed by atoms with Crippen molar-refractivity contribution in [2.75, 3.05) is 9.80 Å². The molecular weight excluding hydrogens is 1620 g/mol. The number of hydrogen-bond donors (Lipinski definition) is 0. The molecule has 2 heterocycles. The van der Waals surface area contributed by atoms with E-state index in [1.807, 2.05) is 0 Å². The van der Waals surface area contributed by atoms with Crippen LogP contribution in [0.2, 0.25) is 0 Å². The van der Waals surface area contributed by atoms with E-state index in [2.05, 4.69) is 530 Å². The van der Waals surface area contributed by atoms with Crippen molar-refractivity contribution < 1.29 is 0 Å². The molecule has 1 spiro atoms. The van der Waals surface area contributed by atoms with E-state index in [0.717, 1.165) is 129 Å². The number of hydrogen-bond acceptors (Lipinski definition) is 2. The lowest BCUT2D eigenvalue weighted by molar-refractivity contribution is 0.660. The molecule has 0 aliphatic heterocycles. The third-order valence-electron chi connectivity index (χ3n) is 28.8. The molecule has 0 atom stereocenters. The predicted octanol–water partition coefficient (Wildman–Crippen LogP) is 34.8. The monoisotopic (exact) mass is 1700 g/mol. The van der Waals surface area contributed by atoms with E-state index >= 15 is 0 Å². The second-order valence-electron chi connectivity index (χ2n) is 36.6. The van der Waals surface area contributed by atoms with Crippen molar-refractivity contribution in [2.45, 2.75) is 24.7 Å². The molecule has 26 rings (SSSR count). The van der Waals surface area contributed by atoms with Crippen LogP contribution >= 0.6 is 0 Å². The molecule has 3 aliphatic rings. The Morgan fingerprint density at radius 1 is 0.179 bits per heavy atom. The highest BCUT2D eigenvalue weighted by Crippen LogP contribution is 2.65. The minimum atomic E-state index is -0.500. The SMILES string of the molecule is CC1(C)c2ccccc2-c2cc(N(c3ccc(-c4ccc5c(c4)c4ccccc4n5-c4cc(-c5ccccc5)cc(-c5cccc(-c6cccc7c6c6ccccc6n7-c6cccc(-c7cccc(N(c8ccc(-c9ccccc9)cc8)c8cccc9c8-c8ccccc8C98c9ccccc9-c9ccccc98)c7)c6)c5)c4)cc3)c3cc(-c4ccccc4)cc(-c4ccccc4)c3)ccc21. The van der Waals surface area contributed by atoms with Crippen LogP contribution in [0.15, 0.2) is 497 Å². The van der Waals surface area contributed by atoms with Gasteiger partial charge in [0.1, 0.15) is 0 Å². The van der Waals surface area contributed by atoms with Crippen LogP contribution in [0.5, 0.6) is 0 Å². The first kappa shape index (κ1) is 77.9. The summed E-state index contributed by atoms with van der Waals surface area (Å²) >= 11 is 0.